The lowest BCUT2D eigenvalue weighted by atomic mass is 10.3. The Labute approximate surface area is 137 Å². The molecule has 0 saturated carbocycles. The fourth-order valence-corrected chi connectivity index (χ4v) is 3.31. The summed E-state index contributed by atoms with van der Waals surface area (Å²) in [7, 11) is 0. The number of carbonyl (C=O) groups excluding carboxylic acids is 1. The van der Waals surface area contributed by atoms with Crippen molar-refractivity contribution < 1.29 is 4.79 Å². The van der Waals surface area contributed by atoms with Gasteiger partial charge in [-0.1, -0.05) is 11.6 Å². The minimum Gasteiger partial charge on any atom is -0.272 e. The van der Waals surface area contributed by atoms with Crippen LogP contribution in [-0.2, 0) is 4.79 Å². The summed E-state index contributed by atoms with van der Waals surface area (Å²) in [4.78, 5) is 14.0. The van der Waals surface area contributed by atoms with E-state index in [4.69, 9.17) is 11.6 Å². The van der Waals surface area contributed by atoms with Gasteiger partial charge in [0, 0.05) is 14.8 Å². The summed E-state index contributed by atoms with van der Waals surface area (Å²) in [6.07, 6.45) is 1.68. The maximum absolute atomic E-state index is 12.0. The van der Waals surface area contributed by atoms with Crippen molar-refractivity contribution in [2.24, 2.45) is 5.10 Å². The standard InChI is InChI=1S/C15H15ClN2OS2/c1-10-7-8-20-14(10)9-17-18-15(19)11(2)21-13-5-3-12(16)4-6-13/h3-9,11H,1-2H3,(H,18,19)/b17-9-/t11-/m0/s1. The molecule has 1 N–H and O–H groups in total. The van der Waals surface area contributed by atoms with Crippen molar-refractivity contribution >= 4 is 46.8 Å². The quantitative estimate of drug-likeness (QED) is 0.500. The lowest BCUT2D eigenvalue weighted by Gasteiger charge is -2.09. The van der Waals surface area contributed by atoms with Crippen LogP contribution in [0.2, 0.25) is 5.02 Å². The molecular weight excluding hydrogens is 324 g/mol. The Balaban J connectivity index is 1.86. The number of hydrazone groups is 1. The molecule has 1 heterocycles. The van der Waals surface area contributed by atoms with E-state index in [0.717, 1.165) is 15.3 Å². The van der Waals surface area contributed by atoms with E-state index in [1.807, 2.05) is 49.6 Å². The zero-order chi connectivity index (χ0) is 15.2. The molecule has 0 aliphatic carbocycles. The molecule has 6 heteroatoms. The Morgan fingerprint density at radius 1 is 1.38 bits per heavy atom. The minimum absolute atomic E-state index is 0.125. The highest BCUT2D eigenvalue weighted by molar-refractivity contribution is 8.00. The number of benzene rings is 1. The molecule has 0 aliphatic heterocycles. The summed E-state index contributed by atoms with van der Waals surface area (Å²) in [5, 5.41) is 6.46. The van der Waals surface area contributed by atoms with Crippen LogP contribution in [0.4, 0.5) is 0 Å². The summed E-state index contributed by atoms with van der Waals surface area (Å²) >= 11 is 8.90. The number of nitrogens with zero attached hydrogens (tertiary/aromatic N) is 1. The van der Waals surface area contributed by atoms with Gasteiger partial charge in [0.15, 0.2) is 0 Å². The second-order valence-electron chi connectivity index (χ2n) is 4.42. The van der Waals surface area contributed by atoms with Crippen LogP contribution in [0, 0.1) is 6.92 Å². The minimum atomic E-state index is -0.229. The summed E-state index contributed by atoms with van der Waals surface area (Å²) in [5.41, 5.74) is 3.72. The van der Waals surface area contributed by atoms with Gasteiger partial charge in [-0.05, 0) is 55.1 Å². The topological polar surface area (TPSA) is 41.5 Å². The molecule has 0 fully saturated rings. The van der Waals surface area contributed by atoms with Crippen LogP contribution in [0.15, 0.2) is 45.7 Å². The molecular formula is C15H15ClN2OS2. The number of aryl methyl sites for hydroxylation is 1. The molecule has 3 nitrogen and oxygen atoms in total. The number of thiophene rings is 1. The van der Waals surface area contributed by atoms with Crippen molar-refractivity contribution in [1.82, 2.24) is 5.43 Å². The van der Waals surface area contributed by atoms with Gasteiger partial charge >= 0.3 is 0 Å². The van der Waals surface area contributed by atoms with Gasteiger partial charge < -0.3 is 0 Å². The van der Waals surface area contributed by atoms with Crippen molar-refractivity contribution in [2.75, 3.05) is 0 Å². The fourth-order valence-electron chi connectivity index (χ4n) is 1.53. The van der Waals surface area contributed by atoms with Crippen molar-refractivity contribution in [3.8, 4) is 0 Å². The van der Waals surface area contributed by atoms with Crippen LogP contribution >= 0.6 is 34.7 Å². The summed E-state index contributed by atoms with van der Waals surface area (Å²) in [5.74, 6) is -0.125. The SMILES string of the molecule is Cc1ccsc1/C=N\NC(=O)[C@H](C)Sc1ccc(Cl)cc1. The molecule has 0 unspecified atom stereocenters. The van der Waals surface area contributed by atoms with Crippen LogP contribution < -0.4 is 5.43 Å². The zero-order valence-corrected chi connectivity index (χ0v) is 14.1. The van der Waals surface area contributed by atoms with Crippen molar-refractivity contribution in [2.45, 2.75) is 24.0 Å². The highest BCUT2D eigenvalue weighted by Crippen LogP contribution is 2.24. The number of thioether (sulfide) groups is 1. The molecule has 0 aliphatic rings. The van der Waals surface area contributed by atoms with E-state index in [1.165, 1.54) is 11.8 Å². The number of hydrogen-bond donors (Lipinski definition) is 1. The Morgan fingerprint density at radius 2 is 2.10 bits per heavy atom. The Hall–Kier alpha value is -1.30. The van der Waals surface area contributed by atoms with Gasteiger partial charge in [0.25, 0.3) is 5.91 Å². The molecule has 110 valence electrons. The molecule has 2 rings (SSSR count). The van der Waals surface area contributed by atoms with Gasteiger partial charge in [-0.3, -0.25) is 4.79 Å². The van der Waals surface area contributed by atoms with Crippen LogP contribution in [0.25, 0.3) is 0 Å². The lowest BCUT2D eigenvalue weighted by Crippen LogP contribution is -2.26. The van der Waals surface area contributed by atoms with Crippen molar-refractivity contribution in [1.29, 1.82) is 0 Å². The fraction of sp³-hybridized carbons (Fsp3) is 0.200. The average Bonchev–Trinajstić information content (AvgIpc) is 2.87. The molecule has 2 aromatic rings. The first-order chi connectivity index (χ1) is 10.1. The average molecular weight is 339 g/mol. The van der Waals surface area contributed by atoms with Crippen LogP contribution in [0.3, 0.4) is 0 Å². The molecule has 21 heavy (non-hydrogen) atoms. The van der Waals surface area contributed by atoms with Gasteiger partial charge in [0.05, 0.1) is 11.5 Å². The lowest BCUT2D eigenvalue weighted by molar-refractivity contribution is -0.120. The number of amides is 1. The highest BCUT2D eigenvalue weighted by atomic mass is 35.5. The van der Waals surface area contributed by atoms with Crippen molar-refractivity contribution in [3.63, 3.8) is 0 Å². The first-order valence-corrected chi connectivity index (χ1v) is 8.49. The molecule has 1 amide bonds. The van der Waals surface area contributed by atoms with E-state index in [-0.39, 0.29) is 11.2 Å². The largest absolute Gasteiger partial charge is 0.272 e. The second kappa shape index (κ2) is 7.64. The smallest absolute Gasteiger partial charge is 0.253 e. The van der Waals surface area contributed by atoms with E-state index in [1.54, 1.807) is 17.6 Å². The second-order valence-corrected chi connectivity index (χ2v) is 7.21. The van der Waals surface area contributed by atoms with Crippen LogP contribution in [0.5, 0.6) is 0 Å². The van der Waals surface area contributed by atoms with Gasteiger partial charge in [-0.2, -0.15) is 5.10 Å². The van der Waals surface area contributed by atoms with Gasteiger partial charge in [0.2, 0.25) is 0 Å². The van der Waals surface area contributed by atoms with E-state index < -0.39 is 0 Å². The third kappa shape index (κ3) is 4.88. The zero-order valence-electron chi connectivity index (χ0n) is 11.7. The molecule has 0 radical (unpaired) electrons. The number of rotatable bonds is 5. The monoisotopic (exact) mass is 338 g/mol. The summed E-state index contributed by atoms with van der Waals surface area (Å²) in [6.45, 7) is 3.86. The predicted molar refractivity (Wildman–Crippen MR) is 91.6 cm³/mol. The number of hydrogen-bond acceptors (Lipinski definition) is 4. The highest BCUT2D eigenvalue weighted by Gasteiger charge is 2.13. The molecule has 1 aromatic carbocycles. The molecule has 0 spiro atoms. The predicted octanol–water partition coefficient (Wildman–Crippen LogP) is 4.34. The van der Waals surface area contributed by atoms with E-state index in [0.29, 0.717) is 5.02 Å². The van der Waals surface area contributed by atoms with Gasteiger partial charge in [-0.25, -0.2) is 5.43 Å². The summed E-state index contributed by atoms with van der Waals surface area (Å²) in [6, 6.07) is 9.44. The van der Waals surface area contributed by atoms with E-state index in [2.05, 4.69) is 10.5 Å². The van der Waals surface area contributed by atoms with E-state index in [9.17, 15) is 4.79 Å². The van der Waals surface area contributed by atoms with Crippen molar-refractivity contribution in [3.05, 3.63) is 51.2 Å². The number of carbonyl (C=O) groups is 1. The number of nitrogens with one attached hydrogen (secondary N) is 1. The Bertz CT molecular complexity index is 637. The first kappa shape index (κ1) is 16.1. The first-order valence-electron chi connectivity index (χ1n) is 6.35. The third-order valence-corrected chi connectivity index (χ3v) is 5.07. The third-order valence-electron chi connectivity index (χ3n) is 2.75. The maximum atomic E-state index is 12.0. The van der Waals surface area contributed by atoms with Crippen LogP contribution in [-0.4, -0.2) is 17.4 Å². The maximum Gasteiger partial charge on any atom is 0.253 e. The van der Waals surface area contributed by atoms with Crippen LogP contribution in [0.1, 0.15) is 17.4 Å². The molecule has 1 atom stereocenters. The molecule has 1 aromatic heterocycles. The molecule has 0 saturated heterocycles. The molecule has 0 bridgehead atoms. The Kier molecular flexibility index (Phi) is 5.85. The van der Waals surface area contributed by atoms with Gasteiger partial charge in [0.1, 0.15) is 0 Å². The summed E-state index contributed by atoms with van der Waals surface area (Å²) < 4.78 is 0. The Morgan fingerprint density at radius 3 is 2.71 bits per heavy atom. The normalized spacial score (nSPS) is 12.5. The van der Waals surface area contributed by atoms with Gasteiger partial charge in [-0.15, -0.1) is 23.1 Å². The number of halogens is 1. The van der Waals surface area contributed by atoms with E-state index >= 15 is 0 Å².